The van der Waals surface area contributed by atoms with Crippen molar-refractivity contribution in [2.75, 3.05) is 47.8 Å². The molecule has 152 valence electrons. The van der Waals surface area contributed by atoms with Crippen LogP contribution in [-0.2, 0) is 27.1 Å². The third kappa shape index (κ3) is 4.10. The van der Waals surface area contributed by atoms with Crippen LogP contribution in [0.15, 0.2) is 24.0 Å². The van der Waals surface area contributed by atoms with Crippen LogP contribution < -0.4 is 9.47 Å². The van der Waals surface area contributed by atoms with E-state index in [2.05, 4.69) is 32.1 Å². The van der Waals surface area contributed by atoms with Gasteiger partial charge >= 0.3 is 0 Å². The smallest absolute Gasteiger partial charge is 0.131 e. The molecule has 2 aromatic rings. The van der Waals surface area contributed by atoms with Gasteiger partial charge in [0, 0.05) is 42.5 Å². The first-order valence-electron chi connectivity index (χ1n) is 9.65. The molecule has 0 fully saturated rings. The first kappa shape index (κ1) is 20.5. The molecule has 2 aromatic carbocycles. The van der Waals surface area contributed by atoms with Crippen LogP contribution in [0.3, 0.4) is 0 Å². The summed E-state index contributed by atoms with van der Waals surface area (Å²) in [4.78, 5) is 0. The van der Waals surface area contributed by atoms with Gasteiger partial charge in [0.2, 0.25) is 0 Å². The Kier molecular flexibility index (Phi) is 6.81. The van der Waals surface area contributed by atoms with Crippen LogP contribution >= 0.6 is 0 Å². The number of hydrogen-bond donors (Lipinski definition) is 0. The Labute approximate surface area is 167 Å². The maximum atomic E-state index is 6.26. The molecule has 0 amide bonds. The Morgan fingerprint density at radius 1 is 0.821 bits per heavy atom. The van der Waals surface area contributed by atoms with Crippen LogP contribution in [0.4, 0.5) is 0 Å². The molecule has 28 heavy (non-hydrogen) atoms. The van der Waals surface area contributed by atoms with Gasteiger partial charge < -0.3 is 23.7 Å². The van der Waals surface area contributed by atoms with Crippen molar-refractivity contribution >= 4 is 10.8 Å². The Bertz CT molecular complexity index is 869. The van der Waals surface area contributed by atoms with E-state index in [9.17, 15) is 0 Å². The summed E-state index contributed by atoms with van der Waals surface area (Å²) in [5, 5.41) is 2.19. The molecule has 1 aliphatic carbocycles. The topological polar surface area (TPSA) is 46.2 Å². The van der Waals surface area contributed by atoms with Gasteiger partial charge in [-0.05, 0) is 38.0 Å². The lowest BCUT2D eigenvalue weighted by Gasteiger charge is -2.26. The number of fused-ring (bicyclic) bond motifs is 2. The first-order valence-corrected chi connectivity index (χ1v) is 9.65. The summed E-state index contributed by atoms with van der Waals surface area (Å²) in [6.07, 6.45) is 3.57. The number of hydrogen-bond acceptors (Lipinski definition) is 5. The number of rotatable bonds is 9. The summed E-state index contributed by atoms with van der Waals surface area (Å²) >= 11 is 0. The molecule has 0 N–H and O–H groups in total. The Morgan fingerprint density at radius 3 is 2.14 bits per heavy atom. The summed E-state index contributed by atoms with van der Waals surface area (Å²) in [5.41, 5.74) is 4.69. The average Bonchev–Trinajstić information content (AvgIpc) is 2.69. The van der Waals surface area contributed by atoms with Crippen molar-refractivity contribution in [2.45, 2.75) is 26.7 Å². The van der Waals surface area contributed by atoms with E-state index in [1.54, 1.807) is 21.3 Å². The maximum Gasteiger partial charge on any atom is 0.131 e. The predicted molar refractivity (Wildman–Crippen MR) is 111 cm³/mol. The van der Waals surface area contributed by atoms with Crippen molar-refractivity contribution in [3.63, 3.8) is 0 Å². The molecule has 0 aromatic heterocycles. The minimum Gasteiger partial charge on any atom is -0.501 e. The summed E-state index contributed by atoms with van der Waals surface area (Å²) < 4.78 is 28.5. The molecule has 5 nitrogen and oxygen atoms in total. The molecule has 0 radical (unpaired) electrons. The van der Waals surface area contributed by atoms with Gasteiger partial charge in [-0.3, -0.25) is 0 Å². The third-order valence-corrected chi connectivity index (χ3v) is 5.08. The number of aryl methyl sites for hydroxylation is 2. The summed E-state index contributed by atoms with van der Waals surface area (Å²) in [7, 11) is 5.09. The molecular weight excluding hydrogens is 356 g/mol. The lowest BCUT2D eigenvalue weighted by molar-refractivity contribution is 0.144. The third-order valence-electron chi connectivity index (χ3n) is 5.08. The van der Waals surface area contributed by atoms with Gasteiger partial charge in [-0.1, -0.05) is 11.6 Å². The van der Waals surface area contributed by atoms with Gasteiger partial charge in [0.05, 0.1) is 26.1 Å². The summed E-state index contributed by atoms with van der Waals surface area (Å²) in [6.45, 7) is 6.34. The molecule has 0 saturated heterocycles. The monoisotopic (exact) mass is 386 g/mol. The highest BCUT2D eigenvalue weighted by Crippen LogP contribution is 2.45. The Balaban J connectivity index is 2.22. The molecule has 0 bridgehead atoms. The van der Waals surface area contributed by atoms with E-state index >= 15 is 0 Å². The minimum absolute atomic E-state index is 0.501. The van der Waals surface area contributed by atoms with Crippen molar-refractivity contribution < 1.29 is 23.7 Å². The highest BCUT2D eigenvalue weighted by molar-refractivity contribution is 5.99. The van der Waals surface area contributed by atoms with Crippen molar-refractivity contribution in [3.8, 4) is 11.5 Å². The fraction of sp³-hybridized carbons (Fsp3) is 0.478. The summed E-state index contributed by atoms with van der Waals surface area (Å²) in [5.74, 6) is 2.80. The van der Waals surface area contributed by atoms with E-state index in [0.717, 1.165) is 40.0 Å². The van der Waals surface area contributed by atoms with E-state index in [1.807, 2.05) is 0 Å². The molecule has 0 aliphatic heterocycles. The average molecular weight is 386 g/mol. The van der Waals surface area contributed by atoms with Crippen LogP contribution in [0, 0.1) is 13.8 Å². The van der Waals surface area contributed by atoms with Crippen LogP contribution in [0.5, 0.6) is 11.5 Å². The Morgan fingerprint density at radius 2 is 1.50 bits per heavy atom. The van der Waals surface area contributed by atoms with E-state index in [0.29, 0.717) is 32.8 Å². The van der Waals surface area contributed by atoms with Crippen molar-refractivity contribution in [3.05, 3.63) is 46.2 Å². The minimum atomic E-state index is 0.501. The van der Waals surface area contributed by atoms with Crippen LogP contribution in [-0.4, -0.2) is 47.8 Å². The van der Waals surface area contributed by atoms with Crippen molar-refractivity contribution in [2.24, 2.45) is 0 Å². The second kappa shape index (κ2) is 9.30. The van der Waals surface area contributed by atoms with Gasteiger partial charge in [0.15, 0.2) is 0 Å². The van der Waals surface area contributed by atoms with Crippen LogP contribution in [0.2, 0.25) is 0 Å². The zero-order valence-corrected chi connectivity index (χ0v) is 17.5. The van der Waals surface area contributed by atoms with Gasteiger partial charge in [0.1, 0.15) is 24.7 Å². The Hall–Kier alpha value is -2.24. The number of benzene rings is 2. The second-order valence-corrected chi connectivity index (χ2v) is 7.06. The molecule has 5 heteroatoms. The van der Waals surface area contributed by atoms with Gasteiger partial charge in [0.25, 0.3) is 0 Å². The number of methoxy groups -OCH3 is 3. The zero-order valence-electron chi connectivity index (χ0n) is 17.5. The maximum absolute atomic E-state index is 6.26. The molecule has 0 spiro atoms. The summed E-state index contributed by atoms with van der Waals surface area (Å²) in [6, 6.07) is 4.37. The van der Waals surface area contributed by atoms with Crippen LogP contribution in [0.1, 0.15) is 22.3 Å². The highest BCUT2D eigenvalue weighted by atomic mass is 16.5. The second-order valence-electron chi connectivity index (χ2n) is 7.06. The molecule has 0 heterocycles. The fourth-order valence-electron chi connectivity index (χ4n) is 3.83. The van der Waals surface area contributed by atoms with E-state index in [-0.39, 0.29) is 0 Å². The van der Waals surface area contributed by atoms with E-state index in [4.69, 9.17) is 23.7 Å². The molecule has 3 rings (SSSR count). The SMILES string of the molecule is COCCOc1c2c(c(OCCOC)c3c(C)cc(C)cc13)CC(OC)=CC2. The molecule has 0 unspecified atom stereocenters. The van der Waals surface area contributed by atoms with E-state index in [1.165, 1.54) is 16.7 Å². The predicted octanol–water partition coefficient (Wildman–Crippen LogP) is 4.14. The largest absolute Gasteiger partial charge is 0.501 e. The highest BCUT2D eigenvalue weighted by Gasteiger charge is 2.26. The van der Waals surface area contributed by atoms with E-state index < -0.39 is 0 Å². The van der Waals surface area contributed by atoms with Gasteiger partial charge in [-0.15, -0.1) is 0 Å². The molecule has 0 saturated carbocycles. The standard InChI is InChI=1S/C23H30O5/c1-15-12-16(2)21-20(13-15)22(27-10-8-24-3)18-7-6-17(26-5)14-19(18)23(21)28-11-9-25-4/h6,12-13H,7-11,14H2,1-5H3. The van der Waals surface area contributed by atoms with Gasteiger partial charge in [-0.2, -0.15) is 0 Å². The fourth-order valence-corrected chi connectivity index (χ4v) is 3.83. The first-order chi connectivity index (χ1) is 13.6. The zero-order chi connectivity index (χ0) is 20.1. The van der Waals surface area contributed by atoms with Crippen molar-refractivity contribution in [1.29, 1.82) is 0 Å². The number of ether oxygens (including phenoxy) is 5. The lowest BCUT2D eigenvalue weighted by Crippen LogP contribution is -2.14. The van der Waals surface area contributed by atoms with Crippen molar-refractivity contribution in [1.82, 2.24) is 0 Å². The molecular formula is C23H30O5. The quantitative estimate of drug-likeness (QED) is 0.606. The molecule has 0 atom stereocenters. The lowest BCUT2D eigenvalue weighted by atomic mass is 9.88. The normalized spacial score (nSPS) is 13.2. The number of allylic oxidation sites excluding steroid dienone is 2. The molecule has 1 aliphatic rings. The van der Waals surface area contributed by atoms with Gasteiger partial charge in [-0.25, -0.2) is 0 Å². The van der Waals surface area contributed by atoms with Crippen LogP contribution in [0.25, 0.3) is 10.8 Å².